The molecule has 4 nitrogen and oxygen atoms in total. The van der Waals surface area contributed by atoms with Crippen LogP contribution in [0.2, 0.25) is 5.15 Å². The third kappa shape index (κ3) is 1.58. The fraction of sp³-hybridized carbons (Fsp3) is 0.455. The quantitative estimate of drug-likeness (QED) is 0.766. The highest BCUT2D eigenvalue weighted by atomic mass is 35.5. The van der Waals surface area contributed by atoms with Crippen LogP contribution in [-0.2, 0) is 4.74 Å². The molecule has 0 aliphatic carbocycles. The van der Waals surface area contributed by atoms with Crippen LogP contribution in [0.5, 0.6) is 0 Å². The zero-order chi connectivity index (χ0) is 11.0. The number of aromatic nitrogens is 3. The predicted octanol–water partition coefficient (Wildman–Crippen LogP) is 2.78. The number of hydrogen-bond acceptors (Lipinski definition) is 3. The molecule has 3 heterocycles. The van der Waals surface area contributed by atoms with Gasteiger partial charge in [0.2, 0.25) is 0 Å². The lowest BCUT2D eigenvalue weighted by atomic mass is 10.2. The molecule has 2 aromatic rings. The van der Waals surface area contributed by atoms with Gasteiger partial charge in [-0.25, -0.2) is 4.68 Å². The van der Waals surface area contributed by atoms with Crippen LogP contribution >= 0.6 is 11.6 Å². The minimum Gasteiger partial charge on any atom is -0.356 e. The van der Waals surface area contributed by atoms with E-state index in [-0.39, 0.29) is 6.23 Å². The molecule has 0 saturated carbocycles. The molecule has 0 radical (unpaired) electrons. The monoisotopic (exact) mass is 237 g/mol. The zero-order valence-electron chi connectivity index (χ0n) is 8.77. The lowest BCUT2D eigenvalue weighted by Gasteiger charge is -2.23. The second-order valence-corrected chi connectivity index (χ2v) is 4.31. The van der Waals surface area contributed by atoms with Gasteiger partial charge in [0.1, 0.15) is 0 Å². The number of ether oxygens (including phenoxy) is 1. The van der Waals surface area contributed by atoms with Gasteiger partial charge in [-0.15, -0.1) is 0 Å². The first kappa shape index (κ1) is 10.1. The lowest BCUT2D eigenvalue weighted by Crippen LogP contribution is -2.18. The summed E-state index contributed by atoms with van der Waals surface area (Å²) in [6, 6.07) is 1.92. The van der Waals surface area contributed by atoms with Gasteiger partial charge < -0.3 is 4.74 Å². The van der Waals surface area contributed by atoms with E-state index in [1.165, 1.54) is 6.42 Å². The third-order valence-electron chi connectivity index (χ3n) is 2.89. The van der Waals surface area contributed by atoms with E-state index >= 15 is 0 Å². The molecule has 1 aliphatic rings. The highest BCUT2D eigenvalue weighted by Crippen LogP contribution is 2.29. The SMILES string of the molecule is Clc1nn(C2CCCCO2)c2ccncc12. The van der Waals surface area contributed by atoms with Crippen molar-refractivity contribution >= 4 is 22.5 Å². The summed E-state index contributed by atoms with van der Waals surface area (Å²) < 4.78 is 7.58. The number of pyridine rings is 1. The van der Waals surface area contributed by atoms with E-state index in [2.05, 4.69) is 10.1 Å². The smallest absolute Gasteiger partial charge is 0.160 e. The Bertz CT molecular complexity index is 505. The van der Waals surface area contributed by atoms with Crippen molar-refractivity contribution in [3.05, 3.63) is 23.6 Å². The minimum absolute atomic E-state index is 0.0196. The van der Waals surface area contributed by atoms with Crippen LogP contribution in [0.4, 0.5) is 0 Å². The summed E-state index contributed by atoms with van der Waals surface area (Å²) in [4.78, 5) is 4.05. The van der Waals surface area contributed by atoms with Crippen LogP contribution < -0.4 is 0 Å². The average molecular weight is 238 g/mol. The predicted molar refractivity (Wildman–Crippen MR) is 61.4 cm³/mol. The van der Waals surface area contributed by atoms with Crippen molar-refractivity contribution in [3.8, 4) is 0 Å². The van der Waals surface area contributed by atoms with Crippen LogP contribution in [0.3, 0.4) is 0 Å². The van der Waals surface area contributed by atoms with Gasteiger partial charge in [0.15, 0.2) is 11.4 Å². The van der Waals surface area contributed by atoms with Crippen LogP contribution in [0, 0.1) is 0 Å². The molecule has 1 saturated heterocycles. The van der Waals surface area contributed by atoms with Crippen molar-refractivity contribution in [2.45, 2.75) is 25.5 Å². The zero-order valence-corrected chi connectivity index (χ0v) is 9.52. The number of nitrogens with zero attached hydrogens (tertiary/aromatic N) is 3. The highest BCUT2D eigenvalue weighted by Gasteiger charge is 2.20. The van der Waals surface area contributed by atoms with Gasteiger partial charge in [-0.2, -0.15) is 5.10 Å². The summed E-state index contributed by atoms with van der Waals surface area (Å²) in [7, 11) is 0. The van der Waals surface area contributed by atoms with E-state index in [0.717, 1.165) is 30.4 Å². The molecule has 5 heteroatoms. The van der Waals surface area contributed by atoms with Gasteiger partial charge in [0.05, 0.1) is 10.9 Å². The Kier molecular flexibility index (Phi) is 2.53. The maximum atomic E-state index is 6.07. The van der Waals surface area contributed by atoms with Gasteiger partial charge in [-0.05, 0) is 25.3 Å². The molecule has 0 amide bonds. The standard InChI is InChI=1S/C11H12ClN3O/c12-11-8-7-13-5-4-9(8)15(14-11)10-3-1-2-6-16-10/h4-5,7,10H,1-3,6H2. The van der Waals surface area contributed by atoms with Gasteiger partial charge >= 0.3 is 0 Å². The Morgan fingerprint density at radius 2 is 2.38 bits per heavy atom. The Balaban J connectivity index is 2.08. The normalized spacial score (nSPS) is 21.4. The number of halogens is 1. The number of hydrogen-bond donors (Lipinski definition) is 0. The molecule has 1 atom stereocenters. The Labute approximate surface area is 98.2 Å². The largest absolute Gasteiger partial charge is 0.356 e. The first-order valence-corrected chi connectivity index (χ1v) is 5.83. The average Bonchev–Trinajstić information content (AvgIpc) is 2.69. The van der Waals surface area contributed by atoms with E-state index in [0.29, 0.717) is 5.15 Å². The van der Waals surface area contributed by atoms with Gasteiger partial charge in [0, 0.05) is 19.0 Å². The molecule has 0 aromatic carbocycles. The Hall–Kier alpha value is -1.13. The molecule has 16 heavy (non-hydrogen) atoms. The summed E-state index contributed by atoms with van der Waals surface area (Å²) in [6.07, 6.45) is 6.81. The molecule has 3 rings (SSSR count). The van der Waals surface area contributed by atoms with Crippen LogP contribution in [0.25, 0.3) is 10.9 Å². The van der Waals surface area contributed by atoms with Gasteiger partial charge in [-0.1, -0.05) is 11.6 Å². The summed E-state index contributed by atoms with van der Waals surface area (Å²) >= 11 is 6.07. The van der Waals surface area contributed by atoms with Gasteiger partial charge in [0.25, 0.3) is 0 Å². The molecule has 84 valence electrons. The van der Waals surface area contributed by atoms with Crippen molar-refractivity contribution in [1.29, 1.82) is 0 Å². The Morgan fingerprint density at radius 3 is 3.19 bits per heavy atom. The molecule has 0 bridgehead atoms. The summed E-state index contributed by atoms with van der Waals surface area (Å²) in [6.45, 7) is 0.800. The molecular formula is C11H12ClN3O. The highest BCUT2D eigenvalue weighted by molar-refractivity contribution is 6.34. The fourth-order valence-corrected chi connectivity index (χ4v) is 2.31. The third-order valence-corrected chi connectivity index (χ3v) is 3.17. The van der Waals surface area contributed by atoms with Crippen molar-refractivity contribution < 1.29 is 4.74 Å². The molecule has 2 aromatic heterocycles. The van der Waals surface area contributed by atoms with Crippen LogP contribution in [0.15, 0.2) is 18.5 Å². The maximum Gasteiger partial charge on any atom is 0.160 e. The topological polar surface area (TPSA) is 39.9 Å². The molecule has 1 aliphatic heterocycles. The minimum atomic E-state index is 0.0196. The van der Waals surface area contributed by atoms with Crippen LogP contribution in [0.1, 0.15) is 25.5 Å². The van der Waals surface area contributed by atoms with Crippen molar-refractivity contribution in [1.82, 2.24) is 14.8 Å². The van der Waals surface area contributed by atoms with Gasteiger partial charge in [-0.3, -0.25) is 4.98 Å². The maximum absolute atomic E-state index is 6.07. The van der Waals surface area contributed by atoms with E-state index in [9.17, 15) is 0 Å². The molecular weight excluding hydrogens is 226 g/mol. The van der Waals surface area contributed by atoms with E-state index in [4.69, 9.17) is 16.3 Å². The lowest BCUT2D eigenvalue weighted by molar-refractivity contribution is -0.0366. The summed E-state index contributed by atoms with van der Waals surface area (Å²) in [5.41, 5.74) is 0.993. The molecule has 1 unspecified atom stereocenters. The van der Waals surface area contributed by atoms with Crippen LogP contribution in [-0.4, -0.2) is 21.4 Å². The van der Waals surface area contributed by atoms with Crippen molar-refractivity contribution in [2.75, 3.05) is 6.61 Å². The Morgan fingerprint density at radius 1 is 1.44 bits per heavy atom. The second kappa shape index (κ2) is 4.03. The second-order valence-electron chi connectivity index (χ2n) is 3.95. The van der Waals surface area contributed by atoms with Crippen molar-refractivity contribution in [2.24, 2.45) is 0 Å². The molecule has 1 fully saturated rings. The van der Waals surface area contributed by atoms with E-state index < -0.39 is 0 Å². The summed E-state index contributed by atoms with van der Waals surface area (Å²) in [5.74, 6) is 0. The van der Waals surface area contributed by atoms with E-state index in [1.54, 1.807) is 12.4 Å². The van der Waals surface area contributed by atoms with Crippen molar-refractivity contribution in [3.63, 3.8) is 0 Å². The molecule has 0 spiro atoms. The fourth-order valence-electron chi connectivity index (χ4n) is 2.08. The van der Waals surface area contributed by atoms with E-state index in [1.807, 2.05) is 10.7 Å². The molecule has 0 N–H and O–H groups in total. The first-order valence-electron chi connectivity index (χ1n) is 5.45. The first-order chi connectivity index (χ1) is 7.86. The summed E-state index contributed by atoms with van der Waals surface area (Å²) in [5, 5.41) is 5.72. The number of rotatable bonds is 1. The number of fused-ring (bicyclic) bond motifs is 1.